The Morgan fingerprint density at radius 1 is 1.57 bits per heavy atom. The summed E-state index contributed by atoms with van der Waals surface area (Å²) in [5.41, 5.74) is 0. The average Bonchev–Trinajstić information content (AvgIpc) is 2.92. The van der Waals surface area contributed by atoms with Crippen molar-refractivity contribution in [3.63, 3.8) is 0 Å². The zero-order chi connectivity index (χ0) is 14.4. The van der Waals surface area contributed by atoms with Gasteiger partial charge in [-0.15, -0.1) is 35.3 Å². The Balaban J connectivity index is 0.00000220. The highest BCUT2D eigenvalue weighted by molar-refractivity contribution is 14.0. The molecule has 1 N–H and O–H groups in total. The molecule has 1 fully saturated rings. The van der Waals surface area contributed by atoms with E-state index in [1.807, 2.05) is 18.4 Å². The largest absolute Gasteiger partial charge is 0.356 e. The number of likely N-dealkylation sites (tertiary alicyclic amines) is 1. The van der Waals surface area contributed by atoms with Crippen LogP contribution in [-0.4, -0.2) is 37.5 Å². The molecule has 0 radical (unpaired) electrons. The predicted molar refractivity (Wildman–Crippen MR) is 104 cm³/mol. The smallest absolute Gasteiger partial charge is 0.193 e. The van der Waals surface area contributed by atoms with E-state index in [1.165, 1.54) is 17.7 Å². The van der Waals surface area contributed by atoms with Crippen molar-refractivity contribution in [1.29, 1.82) is 0 Å². The molecule has 120 valence electrons. The van der Waals surface area contributed by atoms with E-state index in [-0.39, 0.29) is 24.0 Å². The van der Waals surface area contributed by atoms with Gasteiger partial charge in [-0.2, -0.15) is 0 Å². The molecule has 21 heavy (non-hydrogen) atoms. The van der Waals surface area contributed by atoms with Crippen LogP contribution in [0.4, 0.5) is 0 Å². The summed E-state index contributed by atoms with van der Waals surface area (Å²) in [7, 11) is 1.89. The molecule has 0 amide bonds. The number of halogens is 1. The van der Waals surface area contributed by atoms with E-state index in [4.69, 9.17) is 0 Å². The molecule has 0 aromatic carbocycles. The molecule has 1 aromatic rings. The Morgan fingerprint density at radius 2 is 2.38 bits per heavy atom. The summed E-state index contributed by atoms with van der Waals surface area (Å²) in [6, 6.07) is 4.36. The van der Waals surface area contributed by atoms with Gasteiger partial charge in [0.25, 0.3) is 0 Å². The van der Waals surface area contributed by atoms with Crippen LogP contribution in [0.2, 0.25) is 0 Å². The Hall–Kier alpha value is -0.300. The van der Waals surface area contributed by atoms with Gasteiger partial charge in [0.15, 0.2) is 5.96 Å². The number of thiophene rings is 1. The van der Waals surface area contributed by atoms with Crippen LogP contribution in [0.1, 0.15) is 31.6 Å². The van der Waals surface area contributed by atoms with Crippen molar-refractivity contribution in [3.05, 3.63) is 22.4 Å². The van der Waals surface area contributed by atoms with E-state index >= 15 is 0 Å². The molecule has 0 saturated carbocycles. The van der Waals surface area contributed by atoms with E-state index < -0.39 is 0 Å². The van der Waals surface area contributed by atoms with Crippen LogP contribution in [0.5, 0.6) is 0 Å². The molecule has 5 heteroatoms. The summed E-state index contributed by atoms with van der Waals surface area (Å²) in [5.74, 6) is 2.49. The van der Waals surface area contributed by atoms with Gasteiger partial charge in [-0.05, 0) is 42.5 Å². The van der Waals surface area contributed by atoms with Crippen molar-refractivity contribution in [2.75, 3.05) is 26.7 Å². The highest BCUT2D eigenvalue weighted by Gasteiger charge is 2.19. The number of piperidine rings is 1. The van der Waals surface area contributed by atoms with Gasteiger partial charge in [-0.25, -0.2) is 0 Å². The molecule has 1 saturated heterocycles. The van der Waals surface area contributed by atoms with Crippen LogP contribution in [0.25, 0.3) is 0 Å². The maximum atomic E-state index is 4.45. The summed E-state index contributed by atoms with van der Waals surface area (Å²) in [5, 5.41) is 5.71. The fourth-order valence-corrected chi connectivity index (χ4v) is 3.69. The molecule has 2 rings (SSSR count). The monoisotopic (exact) mass is 421 g/mol. The average molecular weight is 421 g/mol. The minimum Gasteiger partial charge on any atom is -0.356 e. The third-order valence-electron chi connectivity index (χ3n) is 3.91. The third-order valence-corrected chi connectivity index (χ3v) is 4.81. The van der Waals surface area contributed by atoms with Gasteiger partial charge in [0.1, 0.15) is 0 Å². The number of hydrogen-bond donors (Lipinski definition) is 1. The van der Waals surface area contributed by atoms with E-state index in [0.29, 0.717) is 5.92 Å². The second-order valence-corrected chi connectivity index (χ2v) is 7.04. The first-order valence-electron chi connectivity index (χ1n) is 7.67. The van der Waals surface area contributed by atoms with Crippen LogP contribution < -0.4 is 5.32 Å². The van der Waals surface area contributed by atoms with Gasteiger partial charge in [0.2, 0.25) is 0 Å². The lowest BCUT2D eigenvalue weighted by atomic mass is 10.0. The topological polar surface area (TPSA) is 27.6 Å². The number of rotatable bonds is 4. The third kappa shape index (κ3) is 6.14. The second-order valence-electron chi connectivity index (χ2n) is 6.01. The molecular weight excluding hydrogens is 393 g/mol. The van der Waals surface area contributed by atoms with Gasteiger partial charge in [-0.1, -0.05) is 19.9 Å². The van der Waals surface area contributed by atoms with E-state index in [0.717, 1.165) is 37.9 Å². The van der Waals surface area contributed by atoms with Crippen molar-refractivity contribution >= 4 is 41.3 Å². The molecular formula is C16H28IN3S. The predicted octanol–water partition coefficient (Wildman–Crippen LogP) is 3.85. The summed E-state index contributed by atoms with van der Waals surface area (Å²) < 4.78 is 0. The molecule has 3 nitrogen and oxygen atoms in total. The summed E-state index contributed by atoms with van der Waals surface area (Å²) >= 11 is 1.85. The lowest BCUT2D eigenvalue weighted by molar-refractivity contribution is 0.265. The van der Waals surface area contributed by atoms with Gasteiger partial charge in [-0.3, -0.25) is 4.99 Å². The number of nitrogens with one attached hydrogen (secondary N) is 1. The molecule has 1 aliphatic rings. The molecule has 2 heterocycles. The van der Waals surface area contributed by atoms with E-state index in [1.54, 1.807) is 0 Å². The quantitative estimate of drug-likeness (QED) is 0.454. The summed E-state index contributed by atoms with van der Waals surface area (Å²) in [4.78, 5) is 8.33. The zero-order valence-electron chi connectivity index (χ0n) is 13.3. The fourth-order valence-electron chi connectivity index (χ4n) is 2.82. The van der Waals surface area contributed by atoms with Crippen molar-refractivity contribution in [1.82, 2.24) is 10.2 Å². The maximum Gasteiger partial charge on any atom is 0.193 e. The number of hydrogen-bond acceptors (Lipinski definition) is 2. The zero-order valence-corrected chi connectivity index (χ0v) is 16.5. The maximum absolute atomic E-state index is 4.45. The highest BCUT2D eigenvalue weighted by atomic mass is 127. The van der Waals surface area contributed by atoms with E-state index in [9.17, 15) is 0 Å². The Morgan fingerprint density at radius 3 is 3.00 bits per heavy atom. The van der Waals surface area contributed by atoms with Crippen LogP contribution >= 0.6 is 35.3 Å². The van der Waals surface area contributed by atoms with E-state index in [2.05, 4.69) is 46.6 Å². The highest BCUT2D eigenvalue weighted by Crippen LogP contribution is 2.16. The van der Waals surface area contributed by atoms with Crippen molar-refractivity contribution in [3.8, 4) is 0 Å². The van der Waals surface area contributed by atoms with Crippen molar-refractivity contribution in [2.24, 2.45) is 16.8 Å². The number of aliphatic imine (C=N–C) groups is 1. The van der Waals surface area contributed by atoms with Crippen molar-refractivity contribution in [2.45, 2.75) is 33.1 Å². The SMILES string of the molecule is CN=C(NCC(C)Cc1cccs1)N1CCCC(C)C1.I. The molecule has 0 bridgehead atoms. The van der Waals surface area contributed by atoms with Gasteiger partial charge in [0.05, 0.1) is 0 Å². The Labute approximate surface area is 150 Å². The second kappa shape index (κ2) is 9.66. The van der Waals surface area contributed by atoms with Crippen LogP contribution in [0.3, 0.4) is 0 Å². The minimum absolute atomic E-state index is 0. The van der Waals surface area contributed by atoms with Gasteiger partial charge < -0.3 is 10.2 Å². The Kier molecular flexibility index (Phi) is 8.63. The lowest BCUT2D eigenvalue weighted by Crippen LogP contribution is -2.47. The van der Waals surface area contributed by atoms with Crippen LogP contribution in [-0.2, 0) is 6.42 Å². The van der Waals surface area contributed by atoms with Gasteiger partial charge in [0, 0.05) is 31.6 Å². The summed E-state index contributed by atoms with van der Waals surface area (Å²) in [6.07, 6.45) is 3.78. The van der Waals surface area contributed by atoms with Crippen LogP contribution in [0.15, 0.2) is 22.5 Å². The Bertz CT molecular complexity index is 419. The lowest BCUT2D eigenvalue weighted by Gasteiger charge is -2.34. The molecule has 0 aliphatic carbocycles. The summed E-state index contributed by atoms with van der Waals surface area (Å²) in [6.45, 7) is 7.91. The minimum atomic E-state index is 0. The first kappa shape index (κ1) is 18.7. The fraction of sp³-hybridized carbons (Fsp3) is 0.688. The molecule has 2 atom stereocenters. The molecule has 2 unspecified atom stereocenters. The molecule has 1 aliphatic heterocycles. The van der Waals surface area contributed by atoms with Gasteiger partial charge >= 0.3 is 0 Å². The molecule has 1 aromatic heterocycles. The van der Waals surface area contributed by atoms with Crippen LogP contribution in [0, 0.1) is 11.8 Å². The molecule has 0 spiro atoms. The number of nitrogens with zero attached hydrogens (tertiary/aromatic N) is 2. The normalized spacial score (nSPS) is 20.8. The first-order chi connectivity index (χ1) is 9.69. The standard InChI is InChI=1S/C16H27N3S.HI/c1-13-6-4-8-19(12-13)16(17-3)18-11-14(2)10-15-7-5-9-20-15;/h5,7,9,13-14H,4,6,8,10-12H2,1-3H3,(H,17,18);1H. The first-order valence-corrected chi connectivity index (χ1v) is 8.55. The van der Waals surface area contributed by atoms with Crippen molar-refractivity contribution < 1.29 is 0 Å². The number of guanidine groups is 1.